The Morgan fingerprint density at radius 1 is 1.45 bits per heavy atom. The molecule has 0 radical (unpaired) electrons. The van der Waals surface area contributed by atoms with Gasteiger partial charge in [0.15, 0.2) is 0 Å². The van der Waals surface area contributed by atoms with Gasteiger partial charge in [-0.25, -0.2) is 0 Å². The van der Waals surface area contributed by atoms with Crippen LogP contribution >= 0.6 is 12.4 Å². The molecule has 0 saturated carbocycles. The maximum absolute atomic E-state index is 11.5. The predicted molar refractivity (Wildman–Crippen MR) is 77.7 cm³/mol. The Morgan fingerprint density at radius 2 is 2.15 bits per heavy atom. The van der Waals surface area contributed by atoms with Gasteiger partial charge in [0, 0.05) is 17.0 Å². The Morgan fingerprint density at radius 3 is 2.75 bits per heavy atom. The van der Waals surface area contributed by atoms with Crippen LogP contribution in [0.2, 0.25) is 0 Å². The fourth-order valence-corrected chi connectivity index (χ4v) is 1.92. The molecule has 0 spiro atoms. The summed E-state index contributed by atoms with van der Waals surface area (Å²) in [4.78, 5) is 25.0. The topological polar surface area (TPSA) is 105 Å². The second kappa shape index (κ2) is 6.40. The highest BCUT2D eigenvalue weighted by molar-refractivity contribution is 5.85. The molecule has 108 valence electrons. The third-order valence-electron chi connectivity index (χ3n) is 2.89. The van der Waals surface area contributed by atoms with Crippen molar-refractivity contribution in [1.82, 2.24) is 4.98 Å². The summed E-state index contributed by atoms with van der Waals surface area (Å²) in [5.41, 5.74) is 6.45. The van der Waals surface area contributed by atoms with Crippen LogP contribution in [0.1, 0.15) is 5.56 Å². The number of hydrogen-bond donors (Lipinski definition) is 3. The van der Waals surface area contributed by atoms with Crippen molar-refractivity contribution in [2.75, 3.05) is 7.11 Å². The number of carboxylic acids is 1. The quantitative estimate of drug-likeness (QED) is 0.778. The van der Waals surface area contributed by atoms with E-state index in [-0.39, 0.29) is 24.4 Å². The second-order valence-electron chi connectivity index (χ2n) is 4.22. The molecule has 0 bridgehead atoms. The highest BCUT2D eigenvalue weighted by atomic mass is 35.5. The monoisotopic (exact) mass is 298 g/mol. The molecule has 1 aromatic carbocycles. The number of methoxy groups -OCH3 is 1. The molecular weight excluding hydrogens is 284 g/mol. The second-order valence-corrected chi connectivity index (χ2v) is 4.22. The summed E-state index contributed by atoms with van der Waals surface area (Å²) >= 11 is 0. The molecule has 0 amide bonds. The fourth-order valence-electron chi connectivity index (χ4n) is 1.92. The van der Waals surface area contributed by atoms with Crippen LogP contribution in [0.15, 0.2) is 29.1 Å². The number of H-pyrrole nitrogens is 1. The van der Waals surface area contributed by atoms with Gasteiger partial charge in [-0.2, -0.15) is 0 Å². The zero-order chi connectivity index (χ0) is 14.0. The number of nitrogens with one attached hydrogen (secondary N) is 1. The van der Waals surface area contributed by atoms with E-state index in [1.54, 1.807) is 18.2 Å². The minimum absolute atomic E-state index is 0. The lowest BCUT2D eigenvalue weighted by molar-refractivity contribution is -0.138. The van der Waals surface area contributed by atoms with Crippen LogP contribution < -0.4 is 16.0 Å². The van der Waals surface area contributed by atoms with E-state index >= 15 is 0 Å². The molecule has 0 aliphatic rings. The average molecular weight is 299 g/mol. The van der Waals surface area contributed by atoms with Gasteiger partial charge in [-0.05, 0) is 30.2 Å². The van der Waals surface area contributed by atoms with Gasteiger partial charge >= 0.3 is 5.97 Å². The maximum Gasteiger partial charge on any atom is 0.320 e. The van der Waals surface area contributed by atoms with Crippen LogP contribution in [0.4, 0.5) is 0 Å². The number of aromatic nitrogens is 1. The lowest BCUT2D eigenvalue weighted by Gasteiger charge is -2.10. The number of benzene rings is 1. The van der Waals surface area contributed by atoms with Gasteiger partial charge in [-0.3, -0.25) is 9.59 Å². The first kappa shape index (κ1) is 16.0. The number of aliphatic carboxylic acids is 1. The van der Waals surface area contributed by atoms with Crippen molar-refractivity contribution >= 4 is 29.3 Å². The molecule has 6 nitrogen and oxygen atoms in total. The average Bonchev–Trinajstić information content (AvgIpc) is 2.38. The third kappa shape index (κ3) is 3.28. The highest BCUT2D eigenvalue weighted by Gasteiger charge is 2.15. The van der Waals surface area contributed by atoms with E-state index < -0.39 is 12.0 Å². The molecule has 0 fully saturated rings. The van der Waals surface area contributed by atoms with Gasteiger partial charge in [-0.15, -0.1) is 12.4 Å². The standard InChI is InChI=1S/C13H14N2O4.ClH/c1-19-8-2-3-11-9(6-8)7(5-12(16)15-11)4-10(14)13(17)18;/h2-3,5-6,10H,4,14H2,1H3,(H,15,16)(H,17,18);1H. The summed E-state index contributed by atoms with van der Waals surface area (Å²) in [5, 5.41) is 9.58. The van der Waals surface area contributed by atoms with E-state index in [2.05, 4.69) is 4.98 Å². The Balaban J connectivity index is 0.00000200. The number of hydrogen-bond acceptors (Lipinski definition) is 4. The molecule has 20 heavy (non-hydrogen) atoms. The summed E-state index contributed by atoms with van der Waals surface area (Å²) < 4.78 is 5.12. The number of carbonyl (C=O) groups is 1. The summed E-state index contributed by atoms with van der Waals surface area (Å²) in [6, 6.07) is 5.50. The Kier molecular flexibility index (Phi) is 5.12. The highest BCUT2D eigenvalue weighted by Crippen LogP contribution is 2.22. The van der Waals surface area contributed by atoms with E-state index in [0.717, 1.165) is 5.39 Å². The normalized spacial score (nSPS) is 11.7. The van der Waals surface area contributed by atoms with Gasteiger partial charge in [-0.1, -0.05) is 0 Å². The molecule has 0 aliphatic heterocycles. The van der Waals surface area contributed by atoms with Crippen LogP contribution in [0.5, 0.6) is 5.75 Å². The predicted octanol–water partition coefficient (Wildman–Crippen LogP) is 0.913. The third-order valence-corrected chi connectivity index (χ3v) is 2.89. The first-order chi connectivity index (χ1) is 9.01. The maximum atomic E-state index is 11.5. The molecule has 0 aliphatic carbocycles. The van der Waals surface area contributed by atoms with Crippen LogP contribution in [-0.2, 0) is 11.2 Å². The Bertz CT molecular complexity index is 684. The Hall–Kier alpha value is -2.05. The molecule has 4 N–H and O–H groups in total. The first-order valence-electron chi connectivity index (χ1n) is 5.69. The van der Waals surface area contributed by atoms with Gasteiger partial charge in [0.2, 0.25) is 5.56 Å². The zero-order valence-electron chi connectivity index (χ0n) is 10.8. The van der Waals surface area contributed by atoms with Crippen LogP contribution in [0, 0.1) is 0 Å². The number of ether oxygens (including phenoxy) is 1. The van der Waals surface area contributed by atoms with Crippen molar-refractivity contribution in [3.8, 4) is 5.75 Å². The molecule has 1 atom stereocenters. The minimum atomic E-state index is -1.10. The number of rotatable bonds is 4. The van der Waals surface area contributed by atoms with E-state index in [1.165, 1.54) is 13.2 Å². The summed E-state index contributed by atoms with van der Waals surface area (Å²) in [6.45, 7) is 0. The largest absolute Gasteiger partial charge is 0.497 e. The molecule has 1 heterocycles. The van der Waals surface area contributed by atoms with Crippen molar-refractivity contribution in [1.29, 1.82) is 0 Å². The number of fused-ring (bicyclic) bond motifs is 1. The van der Waals surface area contributed by atoms with Gasteiger partial charge in [0.1, 0.15) is 11.8 Å². The van der Waals surface area contributed by atoms with Gasteiger partial charge in [0.05, 0.1) is 7.11 Å². The van der Waals surface area contributed by atoms with E-state index in [0.29, 0.717) is 16.8 Å². The SMILES string of the molecule is COc1ccc2[nH]c(=O)cc(CC(N)C(=O)O)c2c1.Cl. The van der Waals surface area contributed by atoms with Gasteiger partial charge in [0.25, 0.3) is 0 Å². The summed E-state index contributed by atoms with van der Waals surface area (Å²) in [5.74, 6) is -0.471. The van der Waals surface area contributed by atoms with Crippen molar-refractivity contribution in [2.24, 2.45) is 5.73 Å². The number of carboxylic acid groups (broad SMARTS) is 1. The van der Waals surface area contributed by atoms with E-state index in [9.17, 15) is 9.59 Å². The van der Waals surface area contributed by atoms with Gasteiger partial charge < -0.3 is 20.6 Å². The van der Waals surface area contributed by atoms with Crippen LogP contribution in [0.3, 0.4) is 0 Å². The van der Waals surface area contributed by atoms with Crippen molar-refractivity contribution in [2.45, 2.75) is 12.5 Å². The molecule has 0 saturated heterocycles. The Labute approximate surface area is 121 Å². The summed E-state index contributed by atoms with van der Waals surface area (Å²) in [6.07, 6.45) is 0.0862. The number of nitrogens with two attached hydrogens (primary N) is 1. The van der Waals surface area contributed by atoms with Crippen LogP contribution in [-0.4, -0.2) is 29.2 Å². The molecular formula is C13H15ClN2O4. The van der Waals surface area contributed by atoms with Crippen molar-refractivity contribution < 1.29 is 14.6 Å². The lowest BCUT2D eigenvalue weighted by atomic mass is 10.0. The van der Waals surface area contributed by atoms with Crippen molar-refractivity contribution in [3.05, 3.63) is 40.2 Å². The molecule has 2 aromatic rings. The molecule has 1 aromatic heterocycles. The fraction of sp³-hybridized carbons (Fsp3) is 0.231. The molecule has 7 heteroatoms. The van der Waals surface area contributed by atoms with Crippen LogP contribution in [0.25, 0.3) is 10.9 Å². The first-order valence-corrected chi connectivity index (χ1v) is 5.69. The molecule has 1 unspecified atom stereocenters. The van der Waals surface area contributed by atoms with E-state index in [4.69, 9.17) is 15.6 Å². The number of pyridine rings is 1. The smallest absolute Gasteiger partial charge is 0.320 e. The number of halogens is 1. The zero-order valence-corrected chi connectivity index (χ0v) is 11.6. The van der Waals surface area contributed by atoms with E-state index in [1.807, 2.05) is 0 Å². The summed E-state index contributed by atoms with van der Waals surface area (Å²) in [7, 11) is 1.54. The minimum Gasteiger partial charge on any atom is -0.497 e. The molecule has 2 rings (SSSR count). The number of aromatic amines is 1. The van der Waals surface area contributed by atoms with Crippen molar-refractivity contribution in [3.63, 3.8) is 0 Å². The lowest BCUT2D eigenvalue weighted by Crippen LogP contribution is -2.32.